The van der Waals surface area contributed by atoms with Crippen LogP contribution >= 0.6 is 11.8 Å². The molecule has 0 amide bonds. The van der Waals surface area contributed by atoms with E-state index in [1.165, 1.54) is 5.56 Å². The Morgan fingerprint density at radius 2 is 1.95 bits per heavy atom. The third kappa shape index (κ3) is 6.18. The van der Waals surface area contributed by atoms with Gasteiger partial charge in [-0.1, -0.05) is 12.1 Å². The van der Waals surface area contributed by atoms with E-state index in [0.717, 1.165) is 24.8 Å². The van der Waals surface area contributed by atoms with E-state index in [9.17, 15) is 0 Å². The summed E-state index contributed by atoms with van der Waals surface area (Å²) in [6.07, 6.45) is 2.13. The van der Waals surface area contributed by atoms with Gasteiger partial charge in [-0.2, -0.15) is 11.8 Å². The molecule has 0 heterocycles. The summed E-state index contributed by atoms with van der Waals surface area (Å²) in [5, 5.41) is 3.44. The molecule has 0 aromatic heterocycles. The number of aliphatic imine (C=N–C) groups is 1. The largest absolute Gasteiger partial charge is 0.494 e. The molecular formula is C17H29N3OS. The second-order valence-electron chi connectivity index (χ2n) is 5.80. The Bertz CT molecular complexity index is 471. The molecule has 0 bridgehead atoms. The van der Waals surface area contributed by atoms with Crippen molar-refractivity contribution in [2.45, 2.75) is 32.1 Å². The zero-order valence-corrected chi connectivity index (χ0v) is 15.5. The lowest BCUT2D eigenvalue weighted by Crippen LogP contribution is -2.43. The summed E-state index contributed by atoms with van der Waals surface area (Å²) < 4.78 is 5.66. The third-order valence-electron chi connectivity index (χ3n) is 3.45. The Morgan fingerprint density at radius 1 is 1.32 bits per heavy atom. The highest BCUT2D eigenvalue weighted by atomic mass is 32.2. The molecule has 22 heavy (non-hydrogen) atoms. The summed E-state index contributed by atoms with van der Waals surface area (Å²) in [5.41, 5.74) is 1.23. The molecule has 0 aliphatic rings. The van der Waals surface area contributed by atoms with Crippen LogP contribution in [0.3, 0.4) is 0 Å². The van der Waals surface area contributed by atoms with Gasteiger partial charge in [-0.05, 0) is 44.7 Å². The van der Waals surface area contributed by atoms with E-state index in [-0.39, 0.29) is 4.75 Å². The Hall–Kier alpha value is -1.36. The number of ether oxygens (including phenoxy) is 1. The molecule has 0 aliphatic carbocycles. The van der Waals surface area contributed by atoms with Crippen LogP contribution in [0.5, 0.6) is 5.75 Å². The van der Waals surface area contributed by atoms with Crippen LogP contribution in [0.2, 0.25) is 0 Å². The maximum absolute atomic E-state index is 5.47. The standard InChI is InChI=1S/C17H29N3OS/c1-7-21-15-10-8-14(9-11-15)12-20(5)16(18-4)19-13-17(2,3)22-6/h8-11H,7,12-13H2,1-6H3,(H,18,19). The zero-order chi connectivity index (χ0) is 16.6. The predicted octanol–water partition coefficient (Wildman–Crippen LogP) is 3.23. The fourth-order valence-electron chi connectivity index (χ4n) is 1.96. The lowest BCUT2D eigenvalue weighted by atomic mass is 10.2. The van der Waals surface area contributed by atoms with Crippen LogP contribution in [0.4, 0.5) is 0 Å². The minimum absolute atomic E-state index is 0.190. The summed E-state index contributed by atoms with van der Waals surface area (Å²) in [6.45, 7) is 8.84. The molecule has 124 valence electrons. The van der Waals surface area contributed by atoms with E-state index in [1.54, 1.807) is 0 Å². The van der Waals surface area contributed by atoms with Crippen molar-refractivity contribution in [3.8, 4) is 5.75 Å². The number of rotatable bonds is 7. The number of hydrogen-bond acceptors (Lipinski definition) is 3. The highest BCUT2D eigenvalue weighted by molar-refractivity contribution is 7.99. The highest BCUT2D eigenvalue weighted by Gasteiger charge is 2.17. The van der Waals surface area contributed by atoms with Gasteiger partial charge in [0.1, 0.15) is 5.75 Å². The smallest absolute Gasteiger partial charge is 0.193 e. The fraction of sp³-hybridized carbons (Fsp3) is 0.588. The number of benzene rings is 1. The fourth-order valence-corrected chi connectivity index (χ4v) is 2.17. The monoisotopic (exact) mass is 323 g/mol. The van der Waals surface area contributed by atoms with Crippen molar-refractivity contribution in [2.75, 3.05) is 33.5 Å². The van der Waals surface area contributed by atoms with Gasteiger partial charge < -0.3 is 15.0 Å². The minimum Gasteiger partial charge on any atom is -0.494 e. The first-order valence-electron chi connectivity index (χ1n) is 7.60. The van der Waals surface area contributed by atoms with Gasteiger partial charge in [-0.15, -0.1) is 0 Å². The van der Waals surface area contributed by atoms with Gasteiger partial charge in [0.15, 0.2) is 5.96 Å². The van der Waals surface area contributed by atoms with Crippen molar-refractivity contribution in [3.05, 3.63) is 29.8 Å². The van der Waals surface area contributed by atoms with Gasteiger partial charge in [0.2, 0.25) is 0 Å². The van der Waals surface area contributed by atoms with Crippen LogP contribution in [0, 0.1) is 0 Å². The molecule has 1 aromatic rings. The summed E-state index contributed by atoms with van der Waals surface area (Å²) >= 11 is 1.85. The first-order valence-corrected chi connectivity index (χ1v) is 8.83. The van der Waals surface area contributed by atoms with Gasteiger partial charge in [-0.3, -0.25) is 4.99 Å². The van der Waals surface area contributed by atoms with Gasteiger partial charge in [-0.25, -0.2) is 0 Å². The average Bonchev–Trinajstić information content (AvgIpc) is 2.50. The second-order valence-corrected chi connectivity index (χ2v) is 7.31. The Morgan fingerprint density at radius 3 is 2.45 bits per heavy atom. The van der Waals surface area contributed by atoms with Gasteiger partial charge in [0.05, 0.1) is 6.61 Å². The molecule has 1 rings (SSSR count). The number of nitrogens with one attached hydrogen (secondary N) is 1. The normalized spacial score (nSPS) is 12.2. The van der Waals surface area contributed by atoms with Crippen molar-refractivity contribution in [1.82, 2.24) is 10.2 Å². The quantitative estimate of drug-likeness (QED) is 0.617. The van der Waals surface area contributed by atoms with Crippen molar-refractivity contribution >= 4 is 17.7 Å². The summed E-state index contributed by atoms with van der Waals surface area (Å²) in [5.74, 6) is 1.83. The van der Waals surface area contributed by atoms with E-state index in [0.29, 0.717) is 6.61 Å². The molecule has 0 spiro atoms. The first-order chi connectivity index (χ1) is 10.4. The van der Waals surface area contributed by atoms with E-state index in [4.69, 9.17) is 4.74 Å². The zero-order valence-electron chi connectivity index (χ0n) is 14.6. The van der Waals surface area contributed by atoms with Crippen LogP contribution in [0.1, 0.15) is 26.3 Å². The van der Waals surface area contributed by atoms with Crippen LogP contribution in [-0.4, -0.2) is 49.1 Å². The Balaban J connectivity index is 2.59. The second kappa shape index (κ2) is 8.93. The number of thioether (sulfide) groups is 1. The van der Waals surface area contributed by atoms with Gasteiger partial charge in [0.25, 0.3) is 0 Å². The van der Waals surface area contributed by atoms with Crippen molar-refractivity contribution < 1.29 is 4.74 Å². The molecule has 1 N–H and O–H groups in total. The van der Waals surface area contributed by atoms with Crippen molar-refractivity contribution in [1.29, 1.82) is 0 Å². The number of guanidine groups is 1. The summed E-state index contributed by atoms with van der Waals surface area (Å²) in [4.78, 5) is 6.50. The SMILES string of the molecule is CCOc1ccc(CN(C)C(=NC)NCC(C)(C)SC)cc1. The lowest BCUT2D eigenvalue weighted by molar-refractivity contribution is 0.340. The molecule has 0 saturated carbocycles. The Kier molecular flexibility index (Phi) is 7.59. The van der Waals surface area contributed by atoms with Crippen LogP contribution in [0.15, 0.2) is 29.3 Å². The highest BCUT2D eigenvalue weighted by Crippen LogP contribution is 2.19. The molecule has 4 nitrogen and oxygen atoms in total. The molecule has 0 radical (unpaired) electrons. The van der Waals surface area contributed by atoms with E-state index >= 15 is 0 Å². The van der Waals surface area contributed by atoms with Crippen LogP contribution in [0.25, 0.3) is 0 Å². The molecular weight excluding hydrogens is 294 g/mol. The molecule has 5 heteroatoms. The molecule has 0 fully saturated rings. The summed E-state index contributed by atoms with van der Waals surface area (Å²) in [7, 11) is 3.88. The van der Waals surface area contributed by atoms with Crippen molar-refractivity contribution in [2.24, 2.45) is 4.99 Å². The van der Waals surface area contributed by atoms with Crippen LogP contribution < -0.4 is 10.1 Å². The summed E-state index contributed by atoms with van der Waals surface area (Å²) in [6, 6.07) is 8.22. The minimum atomic E-state index is 0.190. The average molecular weight is 324 g/mol. The lowest BCUT2D eigenvalue weighted by Gasteiger charge is -2.27. The number of hydrogen-bond donors (Lipinski definition) is 1. The molecule has 0 atom stereocenters. The van der Waals surface area contributed by atoms with E-state index in [2.05, 4.69) is 54.5 Å². The number of nitrogens with zero attached hydrogens (tertiary/aromatic N) is 2. The van der Waals surface area contributed by atoms with Crippen LogP contribution in [-0.2, 0) is 6.54 Å². The molecule has 0 aliphatic heterocycles. The topological polar surface area (TPSA) is 36.9 Å². The Labute approximate surface area is 139 Å². The molecule has 1 aromatic carbocycles. The first kappa shape index (κ1) is 18.7. The van der Waals surface area contributed by atoms with E-state index in [1.807, 2.05) is 37.9 Å². The molecule has 0 unspecified atom stereocenters. The predicted molar refractivity (Wildman–Crippen MR) is 98.0 cm³/mol. The third-order valence-corrected chi connectivity index (χ3v) is 4.70. The van der Waals surface area contributed by atoms with Gasteiger partial charge >= 0.3 is 0 Å². The maximum atomic E-state index is 5.47. The maximum Gasteiger partial charge on any atom is 0.193 e. The molecule has 0 saturated heterocycles. The van der Waals surface area contributed by atoms with E-state index < -0.39 is 0 Å². The van der Waals surface area contributed by atoms with Crippen molar-refractivity contribution in [3.63, 3.8) is 0 Å². The van der Waals surface area contributed by atoms with Gasteiger partial charge in [0, 0.05) is 31.9 Å².